The molecule has 84 valence electrons. The van der Waals surface area contributed by atoms with E-state index in [1.54, 1.807) is 0 Å². The Bertz CT molecular complexity index is 778. The maximum absolute atomic E-state index is 11.5. The highest BCUT2D eigenvalue weighted by molar-refractivity contribution is 7.88. The van der Waals surface area contributed by atoms with Gasteiger partial charge in [0.15, 0.2) is 5.69 Å². The number of azide groups is 1. The minimum absolute atomic E-state index is 0.200. The van der Waals surface area contributed by atoms with Crippen LogP contribution in [0.4, 0.5) is 5.69 Å². The molecule has 0 saturated carbocycles. The lowest BCUT2D eigenvalue weighted by Gasteiger charge is -1.99. The largest absolute Gasteiger partial charge is 0.329 e. The molecule has 9 heteroatoms. The lowest BCUT2D eigenvalue weighted by atomic mass is 10.3. The van der Waals surface area contributed by atoms with Gasteiger partial charge in [-0.1, -0.05) is 6.07 Å². The predicted octanol–water partition coefficient (Wildman–Crippen LogP) is 1.99. The van der Waals surface area contributed by atoms with Crippen molar-refractivity contribution in [3.8, 4) is 0 Å². The molecule has 0 atom stereocenters. The van der Waals surface area contributed by atoms with Gasteiger partial charge in [-0.15, -0.1) is 0 Å². The van der Waals surface area contributed by atoms with Gasteiger partial charge in [0.2, 0.25) is 0 Å². The molecule has 0 N–H and O–H groups in total. The van der Waals surface area contributed by atoms with E-state index in [1.165, 1.54) is 18.2 Å². The first-order valence-corrected chi connectivity index (χ1v) is 5.64. The maximum Gasteiger partial charge on any atom is 0.329 e. The summed E-state index contributed by atoms with van der Waals surface area (Å²) < 4.78 is 26.5. The summed E-state index contributed by atoms with van der Waals surface area (Å²) >= 11 is 0. The summed E-state index contributed by atoms with van der Waals surface area (Å²) in [6.07, 6.45) is 1.03. The summed E-state index contributed by atoms with van der Waals surface area (Å²) in [4.78, 5) is 9.26. The molecule has 0 unspecified atom stereocenters. The molecule has 0 radical (unpaired) electrons. The monoisotopic (exact) mass is 248 g/mol. The third-order valence-electron chi connectivity index (χ3n) is 2.02. The molecule has 17 heavy (non-hydrogen) atoms. The van der Waals surface area contributed by atoms with Crippen LogP contribution in [-0.4, -0.2) is 17.4 Å². The van der Waals surface area contributed by atoms with Gasteiger partial charge < -0.3 is 0 Å². The molecule has 1 aromatic carbocycles. The summed E-state index contributed by atoms with van der Waals surface area (Å²) in [5.74, 6) is 0. The Morgan fingerprint density at radius 2 is 2.24 bits per heavy atom. The fourth-order valence-corrected chi connectivity index (χ4v) is 2.05. The predicted molar refractivity (Wildman–Crippen MR) is 59.5 cm³/mol. The van der Waals surface area contributed by atoms with E-state index < -0.39 is 10.2 Å². The summed E-state index contributed by atoms with van der Waals surface area (Å²) in [5, 5.41) is 0. The van der Waals surface area contributed by atoms with Crippen LogP contribution in [0.5, 0.6) is 0 Å². The number of fused-ring (bicyclic) bond motifs is 1. The SMILES string of the molecule is [C-]#[N+]c1ccc2ncn(S(=O)(=O)N=[N+]=[N-])c2c1. The molecule has 1 heterocycles. The van der Waals surface area contributed by atoms with Crippen molar-refractivity contribution in [2.75, 3.05) is 0 Å². The van der Waals surface area contributed by atoms with Gasteiger partial charge >= 0.3 is 10.2 Å². The average Bonchev–Trinajstić information content (AvgIpc) is 2.71. The molecule has 0 aliphatic heterocycles. The van der Waals surface area contributed by atoms with Crippen molar-refractivity contribution in [3.05, 3.63) is 46.4 Å². The molecule has 0 aliphatic rings. The van der Waals surface area contributed by atoms with Crippen molar-refractivity contribution in [3.63, 3.8) is 0 Å². The van der Waals surface area contributed by atoms with Gasteiger partial charge in [-0.3, -0.25) is 0 Å². The molecule has 8 nitrogen and oxygen atoms in total. The third-order valence-corrected chi connectivity index (χ3v) is 3.08. The van der Waals surface area contributed by atoms with Crippen LogP contribution in [0.25, 0.3) is 26.3 Å². The molecule has 1 aromatic heterocycles. The first kappa shape index (κ1) is 10.9. The Morgan fingerprint density at radius 1 is 1.47 bits per heavy atom. The van der Waals surface area contributed by atoms with Crippen molar-refractivity contribution in [1.82, 2.24) is 8.96 Å². The molecule has 0 saturated heterocycles. The number of hydrogen-bond acceptors (Lipinski definition) is 3. The number of nitrogens with zero attached hydrogens (tertiary/aromatic N) is 6. The van der Waals surface area contributed by atoms with Crippen molar-refractivity contribution >= 4 is 26.9 Å². The fraction of sp³-hybridized carbons (Fsp3) is 0. The first-order chi connectivity index (χ1) is 8.08. The van der Waals surface area contributed by atoms with Gasteiger partial charge in [0, 0.05) is 4.91 Å². The van der Waals surface area contributed by atoms with Crippen molar-refractivity contribution in [2.24, 2.45) is 4.52 Å². The van der Waals surface area contributed by atoms with Gasteiger partial charge in [0.25, 0.3) is 0 Å². The Labute approximate surface area is 95.7 Å². The van der Waals surface area contributed by atoms with E-state index in [9.17, 15) is 8.42 Å². The van der Waals surface area contributed by atoms with E-state index in [1.807, 2.05) is 0 Å². The van der Waals surface area contributed by atoms with Gasteiger partial charge in [-0.25, -0.2) is 13.8 Å². The van der Waals surface area contributed by atoms with Crippen LogP contribution in [0, 0.1) is 6.57 Å². The molecular weight excluding hydrogens is 244 g/mol. The number of imidazole rings is 1. The second-order valence-corrected chi connectivity index (χ2v) is 4.43. The van der Waals surface area contributed by atoms with Gasteiger partial charge in [-0.05, 0) is 17.7 Å². The molecule has 0 bridgehead atoms. The topological polar surface area (TPSA) is 105 Å². The lowest BCUT2D eigenvalue weighted by molar-refractivity contribution is 0.590. The van der Waals surface area contributed by atoms with Crippen LogP contribution in [0.3, 0.4) is 0 Å². The Kier molecular flexibility index (Phi) is 2.44. The molecule has 0 amide bonds. The maximum atomic E-state index is 11.5. The lowest BCUT2D eigenvalue weighted by Crippen LogP contribution is -2.06. The van der Waals surface area contributed by atoms with Gasteiger partial charge in [0.05, 0.1) is 22.1 Å². The van der Waals surface area contributed by atoms with Crippen molar-refractivity contribution < 1.29 is 8.42 Å². The summed E-state index contributed by atoms with van der Waals surface area (Å²) in [6, 6.07) is 4.40. The summed E-state index contributed by atoms with van der Waals surface area (Å²) in [6.45, 7) is 6.84. The molecular formula is C8H4N6O2S. The van der Waals surface area contributed by atoms with E-state index in [-0.39, 0.29) is 11.2 Å². The Hall–Kier alpha value is -2.56. The van der Waals surface area contributed by atoms with Crippen LogP contribution < -0.4 is 0 Å². The highest BCUT2D eigenvalue weighted by atomic mass is 32.2. The minimum Gasteiger partial charge on any atom is -0.238 e. The van der Waals surface area contributed by atoms with Crippen molar-refractivity contribution in [1.29, 1.82) is 0 Å². The first-order valence-electron chi connectivity index (χ1n) is 4.25. The zero-order valence-electron chi connectivity index (χ0n) is 8.22. The molecule has 2 rings (SSSR count). The second kappa shape index (κ2) is 3.79. The average molecular weight is 248 g/mol. The molecule has 0 fully saturated rings. The molecule has 0 spiro atoms. The van der Waals surface area contributed by atoms with E-state index in [0.29, 0.717) is 5.52 Å². The van der Waals surface area contributed by atoms with E-state index >= 15 is 0 Å². The van der Waals surface area contributed by atoms with Crippen LogP contribution in [-0.2, 0) is 10.2 Å². The second-order valence-electron chi connectivity index (χ2n) is 2.97. The quantitative estimate of drug-likeness (QED) is 0.351. The highest BCUT2D eigenvalue weighted by Gasteiger charge is 2.14. The van der Waals surface area contributed by atoms with Gasteiger partial charge in [-0.2, -0.15) is 8.42 Å². The van der Waals surface area contributed by atoms with Gasteiger partial charge in [0.1, 0.15) is 6.33 Å². The summed E-state index contributed by atoms with van der Waals surface area (Å²) in [5.41, 5.74) is 9.04. The van der Waals surface area contributed by atoms with Crippen LogP contribution in [0.1, 0.15) is 0 Å². The number of benzene rings is 1. The zero-order valence-corrected chi connectivity index (χ0v) is 9.03. The van der Waals surface area contributed by atoms with E-state index in [4.69, 9.17) is 12.1 Å². The highest BCUT2D eigenvalue weighted by Crippen LogP contribution is 2.22. The number of aromatic nitrogens is 2. The standard InChI is InChI=1S/C8H4N6O2S/c1-10-6-2-3-7-8(4-6)14(5-11-7)17(15,16)13-12-9/h2-5H. The van der Waals surface area contributed by atoms with Crippen molar-refractivity contribution in [2.45, 2.75) is 0 Å². The zero-order chi connectivity index (χ0) is 12.5. The summed E-state index contributed by atoms with van der Waals surface area (Å²) in [7, 11) is -4.16. The third kappa shape index (κ3) is 1.78. The normalized spacial score (nSPS) is 10.8. The number of hydrogen-bond donors (Lipinski definition) is 0. The smallest absolute Gasteiger partial charge is 0.238 e. The Morgan fingerprint density at radius 3 is 2.88 bits per heavy atom. The van der Waals surface area contributed by atoms with Crippen LogP contribution >= 0.6 is 0 Å². The Balaban J connectivity index is 2.81. The molecule has 2 aromatic rings. The van der Waals surface area contributed by atoms with Crippen LogP contribution in [0.15, 0.2) is 29.0 Å². The number of rotatable bonds is 2. The van der Waals surface area contributed by atoms with E-state index in [2.05, 4.69) is 19.3 Å². The fourth-order valence-electron chi connectivity index (χ4n) is 1.31. The molecule has 0 aliphatic carbocycles. The van der Waals surface area contributed by atoms with E-state index in [0.717, 1.165) is 10.3 Å². The minimum atomic E-state index is -4.16. The van der Waals surface area contributed by atoms with Crippen LogP contribution in [0.2, 0.25) is 0 Å².